The van der Waals surface area contributed by atoms with Crippen LogP contribution in [0.4, 0.5) is 5.69 Å². The summed E-state index contributed by atoms with van der Waals surface area (Å²) in [7, 11) is -2.19. The van der Waals surface area contributed by atoms with Crippen LogP contribution in [0.5, 0.6) is 5.75 Å². The first-order valence-corrected chi connectivity index (χ1v) is 11.7. The smallest absolute Gasteiger partial charge is 0.239 e. The largest absolute Gasteiger partial charge is 0.497 e. The molecule has 1 amide bonds. The second kappa shape index (κ2) is 9.34. The van der Waals surface area contributed by atoms with Gasteiger partial charge in [-0.1, -0.05) is 31.2 Å². The molecular weight excluding hydrogens is 416 g/mol. The summed E-state index contributed by atoms with van der Waals surface area (Å²) in [5, 5.41) is 2.75. The second-order valence-electron chi connectivity index (χ2n) is 7.30. The van der Waals surface area contributed by atoms with Crippen LogP contribution in [0.25, 0.3) is 11.5 Å². The molecule has 8 heteroatoms. The number of hydrogen-bond donors (Lipinski definition) is 1. The summed E-state index contributed by atoms with van der Waals surface area (Å²) >= 11 is 0. The van der Waals surface area contributed by atoms with Crippen LogP contribution >= 0.6 is 0 Å². The fraction of sp³-hybridized carbons (Fsp3) is 0.304. The standard InChI is InChI=1S/C23H26N2O5S/c1-5-17-9-6-8-15(2)22(17)25-21(26)14-31(27,28)13-20-16(3)30-23(24-20)18-10-7-11-19(12-18)29-4/h6-12H,5,13-14H2,1-4H3,(H,25,26). The summed E-state index contributed by atoms with van der Waals surface area (Å²) in [5.41, 5.74) is 3.48. The van der Waals surface area contributed by atoms with Crippen molar-refractivity contribution in [2.24, 2.45) is 0 Å². The van der Waals surface area contributed by atoms with E-state index in [4.69, 9.17) is 9.15 Å². The Balaban J connectivity index is 1.74. The van der Waals surface area contributed by atoms with E-state index in [-0.39, 0.29) is 11.4 Å². The molecule has 1 heterocycles. The molecule has 0 spiro atoms. The number of benzene rings is 2. The molecule has 1 aromatic heterocycles. The molecule has 2 aromatic carbocycles. The van der Waals surface area contributed by atoms with Gasteiger partial charge in [0.2, 0.25) is 11.8 Å². The molecule has 0 aliphatic carbocycles. The predicted molar refractivity (Wildman–Crippen MR) is 120 cm³/mol. The monoisotopic (exact) mass is 442 g/mol. The number of anilines is 1. The summed E-state index contributed by atoms with van der Waals surface area (Å²) < 4.78 is 36.2. The quantitative estimate of drug-likeness (QED) is 0.564. The molecule has 0 aliphatic heterocycles. The average Bonchev–Trinajstić information content (AvgIpc) is 3.08. The summed E-state index contributed by atoms with van der Waals surface area (Å²) in [6, 6.07) is 12.8. The summed E-state index contributed by atoms with van der Waals surface area (Å²) in [6.07, 6.45) is 0.731. The molecule has 0 radical (unpaired) electrons. The third kappa shape index (κ3) is 5.52. The van der Waals surface area contributed by atoms with E-state index in [0.717, 1.165) is 17.5 Å². The highest BCUT2D eigenvalue weighted by molar-refractivity contribution is 7.91. The lowest BCUT2D eigenvalue weighted by atomic mass is 10.1. The minimum absolute atomic E-state index is 0.288. The van der Waals surface area contributed by atoms with Crippen molar-refractivity contribution >= 4 is 21.4 Å². The molecule has 0 saturated carbocycles. The van der Waals surface area contributed by atoms with Gasteiger partial charge in [-0.3, -0.25) is 4.79 Å². The van der Waals surface area contributed by atoms with Crippen molar-refractivity contribution in [2.45, 2.75) is 32.9 Å². The van der Waals surface area contributed by atoms with E-state index in [0.29, 0.717) is 28.7 Å². The predicted octanol–water partition coefficient (Wildman–Crippen LogP) is 4.08. The maximum Gasteiger partial charge on any atom is 0.239 e. The molecule has 31 heavy (non-hydrogen) atoms. The topological polar surface area (TPSA) is 98.5 Å². The molecule has 0 saturated heterocycles. The Morgan fingerprint density at radius 3 is 2.61 bits per heavy atom. The van der Waals surface area contributed by atoms with Crippen molar-refractivity contribution < 1.29 is 22.4 Å². The minimum atomic E-state index is -3.75. The number of carbonyl (C=O) groups excluding carboxylic acids is 1. The van der Waals surface area contributed by atoms with Gasteiger partial charge in [-0.15, -0.1) is 0 Å². The molecule has 0 aliphatic rings. The second-order valence-corrected chi connectivity index (χ2v) is 9.36. The first-order valence-electron chi connectivity index (χ1n) is 9.92. The number of aryl methyl sites for hydroxylation is 3. The van der Waals surface area contributed by atoms with Gasteiger partial charge in [-0.05, 0) is 49.6 Å². The van der Waals surface area contributed by atoms with Crippen molar-refractivity contribution in [3.05, 3.63) is 65.0 Å². The zero-order valence-corrected chi connectivity index (χ0v) is 18.9. The number of carbonyl (C=O) groups is 1. The van der Waals surface area contributed by atoms with Crippen molar-refractivity contribution in [1.82, 2.24) is 4.98 Å². The average molecular weight is 443 g/mol. The Labute approximate surface area is 182 Å². The lowest BCUT2D eigenvalue weighted by Gasteiger charge is -2.13. The molecule has 0 unspecified atom stereocenters. The van der Waals surface area contributed by atoms with Crippen LogP contribution < -0.4 is 10.1 Å². The van der Waals surface area contributed by atoms with Crippen molar-refractivity contribution in [3.63, 3.8) is 0 Å². The zero-order valence-electron chi connectivity index (χ0n) is 18.1. The number of nitrogens with one attached hydrogen (secondary N) is 1. The number of rotatable bonds is 8. The number of sulfone groups is 1. The molecule has 164 valence electrons. The van der Waals surface area contributed by atoms with Gasteiger partial charge in [0.05, 0.1) is 18.6 Å². The van der Waals surface area contributed by atoms with Gasteiger partial charge in [-0.2, -0.15) is 0 Å². The Kier molecular flexibility index (Phi) is 6.80. The number of aromatic nitrogens is 1. The molecular formula is C23H26N2O5S. The lowest BCUT2D eigenvalue weighted by molar-refractivity contribution is -0.113. The number of nitrogens with zero attached hydrogens (tertiary/aromatic N) is 1. The molecule has 0 fully saturated rings. The number of amides is 1. The zero-order chi connectivity index (χ0) is 22.6. The molecule has 3 rings (SSSR count). The third-order valence-corrected chi connectivity index (χ3v) is 6.34. The summed E-state index contributed by atoms with van der Waals surface area (Å²) in [5.74, 6) is -0.244. The third-order valence-electron chi connectivity index (χ3n) is 4.92. The van der Waals surface area contributed by atoms with E-state index >= 15 is 0 Å². The first-order chi connectivity index (χ1) is 14.7. The summed E-state index contributed by atoms with van der Waals surface area (Å²) in [6.45, 7) is 5.51. The van der Waals surface area contributed by atoms with E-state index in [1.165, 1.54) is 0 Å². The van der Waals surface area contributed by atoms with Crippen LogP contribution in [0.3, 0.4) is 0 Å². The molecule has 1 N–H and O–H groups in total. The highest BCUT2D eigenvalue weighted by atomic mass is 32.2. The van der Waals surface area contributed by atoms with Crippen molar-refractivity contribution in [1.29, 1.82) is 0 Å². The highest BCUT2D eigenvalue weighted by Crippen LogP contribution is 2.26. The van der Waals surface area contributed by atoms with Gasteiger partial charge in [0.1, 0.15) is 17.3 Å². The van der Waals surface area contributed by atoms with Crippen LogP contribution in [0, 0.1) is 13.8 Å². The van der Waals surface area contributed by atoms with Crippen LogP contribution in [-0.4, -0.2) is 32.2 Å². The van der Waals surface area contributed by atoms with E-state index < -0.39 is 21.5 Å². The molecule has 0 bridgehead atoms. The Morgan fingerprint density at radius 2 is 1.90 bits per heavy atom. The van der Waals surface area contributed by atoms with Crippen LogP contribution in [-0.2, 0) is 26.8 Å². The Hall–Kier alpha value is -3.13. The van der Waals surface area contributed by atoms with Gasteiger partial charge in [0.15, 0.2) is 9.84 Å². The maximum absolute atomic E-state index is 12.7. The minimum Gasteiger partial charge on any atom is -0.497 e. The number of hydrogen-bond acceptors (Lipinski definition) is 6. The highest BCUT2D eigenvalue weighted by Gasteiger charge is 2.23. The fourth-order valence-corrected chi connectivity index (χ4v) is 4.54. The van der Waals surface area contributed by atoms with Gasteiger partial charge in [0.25, 0.3) is 0 Å². The van der Waals surface area contributed by atoms with Crippen LogP contribution in [0.2, 0.25) is 0 Å². The van der Waals surface area contributed by atoms with Crippen LogP contribution in [0.1, 0.15) is 29.5 Å². The number of ether oxygens (including phenoxy) is 1. The van der Waals surface area contributed by atoms with Gasteiger partial charge >= 0.3 is 0 Å². The normalized spacial score (nSPS) is 11.4. The Bertz CT molecular complexity index is 1200. The van der Waals surface area contributed by atoms with Crippen molar-refractivity contribution in [3.8, 4) is 17.2 Å². The maximum atomic E-state index is 12.7. The number of methoxy groups -OCH3 is 1. The van der Waals surface area contributed by atoms with E-state index in [1.807, 2.05) is 32.0 Å². The molecule has 7 nitrogen and oxygen atoms in total. The van der Waals surface area contributed by atoms with Gasteiger partial charge in [0, 0.05) is 11.3 Å². The SMILES string of the molecule is CCc1cccc(C)c1NC(=O)CS(=O)(=O)Cc1nc(-c2cccc(OC)c2)oc1C. The van der Waals surface area contributed by atoms with Crippen LogP contribution in [0.15, 0.2) is 46.9 Å². The molecule has 0 atom stereocenters. The van der Waals surface area contributed by atoms with E-state index in [1.54, 1.807) is 38.3 Å². The van der Waals surface area contributed by atoms with Gasteiger partial charge < -0.3 is 14.5 Å². The summed E-state index contributed by atoms with van der Waals surface area (Å²) in [4.78, 5) is 16.8. The first kappa shape index (κ1) is 22.6. The van der Waals surface area contributed by atoms with E-state index in [2.05, 4.69) is 10.3 Å². The van der Waals surface area contributed by atoms with E-state index in [9.17, 15) is 13.2 Å². The molecule has 3 aromatic rings. The lowest BCUT2D eigenvalue weighted by Crippen LogP contribution is -2.25. The van der Waals surface area contributed by atoms with Gasteiger partial charge in [-0.25, -0.2) is 13.4 Å². The van der Waals surface area contributed by atoms with Crippen molar-refractivity contribution in [2.75, 3.05) is 18.2 Å². The fourth-order valence-electron chi connectivity index (χ4n) is 3.28. The number of para-hydroxylation sites is 1. The number of oxazole rings is 1. The Morgan fingerprint density at radius 1 is 1.16 bits per heavy atom.